The number of nitrogens with zero attached hydrogens (tertiary/aromatic N) is 1. The molecule has 0 aliphatic carbocycles. The monoisotopic (exact) mass is 295 g/mol. The first-order chi connectivity index (χ1) is 9.16. The van der Waals surface area contributed by atoms with Gasteiger partial charge in [0.25, 0.3) is 0 Å². The maximum atomic E-state index is 11.2. The van der Waals surface area contributed by atoms with E-state index in [1.165, 1.54) is 0 Å². The fourth-order valence-electron chi connectivity index (χ4n) is 2.65. The lowest BCUT2D eigenvalue weighted by Gasteiger charge is -2.20. The Morgan fingerprint density at radius 2 is 2.26 bits per heavy atom. The van der Waals surface area contributed by atoms with Gasteiger partial charge in [0, 0.05) is 21.5 Å². The summed E-state index contributed by atoms with van der Waals surface area (Å²) in [6.07, 6.45) is 1.68. The van der Waals surface area contributed by atoms with Gasteiger partial charge >= 0.3 is 5.97 Å². The molecule has 0 radical (unpaired) electrons. The number of benzene rings is 1. The normalized spacial score (nSPS) is 20.2. The van der Waals surface area contributed by atoms with Gasteiger partial charge < -0.3 is 5.11 Å². The van der Waals surface area contributed by atoms with E-state index in [4.69, 9.17) is 11.6 Å². The first kappa shape index (κ1) is 12.9. The van der Waals surface area contributed by atoms with Gasteiger partial charge in [-0.3, -0.25) is 9.69 Å². The topological polar surface area (TPSA) is 40.5 Å². The molecule has 1 atom stereocenters. The molecule has 1 aliphatic heterocycles. The Morgan fingerprint density at radius 3 is 3.00 bits per heavy atom. The van der Waals surface area contributed by atoms with Crippen LogP contribution in [-0.4, -0.2) is 28.6 Å². The van der Waals surface area contributed by atoms with E-state index in [1.807, 2.05) is 29.2 Å². The van der Waals surface area contributed by atoms with Crippen molar-refractivity contribution in [2.24, 2.45) is 0 Å². The van der Waals surface area contributed by atoms with Crippen LogP contribution in [0.5, 0.6) is 0 Å². The van der Waals surface area contributed by atoms with Gasteiger partial charge in [0.2, 0.25) is 0 Å². The minimum atomic E-state index is -0.727. The maximum Gasteiger partial charge on any atom is 0.320 e. The Labute approximate surface area is 120 Å². The van der Waals surface area contributed by atoms with Crippen LogP contribution in [0, 0.1) is 0 Å². The molecule has 1 N–H and O–H groups in total. The van der Waals surface area contributed by atoms with Gasteiger partial charge in [-0.1, -0.05) is 29.8 Å². The van der Waals surface area contributed by atoms with Crippen LogP contribution in [0.4, 0.5) is 0 Å². The smallest absolute Gasteiger partial charge is 0.320 e. The van der Waals surface area contributed by atoms with Crippen molar-refractivity contribution in [1.82, 2.24) is 4.90 Å². The highest BCUT2D eigenvalue weighted by Gasteiger charge is 2.31. The number of hydrogen-bond acceptors (Lipinski definition) is 3. The summed E-state index contributed by atoms with van der Waals surface area (Å²) < 4.78 is 1.16. The number of carbonyl (C=O) groups is 1. The summed E-state index contributed by atoms with van der Waals surface area (Å²) in [6.45, 7) is 1.47. The van der Waals surface area contributed by atoms with Gasteiger partial charge in [-0.15, -0.1) is 11.3 Å². The van der Waals surface area contributed by atoms with E-state index in [-0.39, 0.29) is 6.04 Å². The molecule has 0 unspecified atom stereocenters. The molecule has 0 bridgehead atoms. The second kappa shape index (κ2) is 5.12. The molecular weight excluding hydrogens is 282 g/mol. The number of fused-ring (bicyclic) bond motifs is 1. The van der Waals surface area contributed by atoms with Crippen molar-refractivity contribution in [3.63, 3.8) is 0 Å². The Bertz CT molecular complexity index is 625. The fourth-order valence-corrected chi connectivity index (χ4v) is 4.16. The van der Waals surface area contributed by atoms with Crippen molar-refractivity contribution in [2.45, 2.75) is 25.4 Å². The Kier molecular flexibility index (Phi) is 3.48. The molecule has 100 valence electrons. The second-order valence-electron chi connectivity index (χ2n) is 4.80. The van der Waals surface area contributed by atoms with Gasteiger partial charge in [0.15, 0.2) is 0 Å². The number of halogens is 1. The second-order valence-corrected chi connectivity index (χ2v) is 6.32. The van der Waals surface area contributed by atoms with E-state index in [1.54, 1.807) is 11.3 Å². The molecule has 1 fully saturated rings. The molecule has 19 heavy (non-hydrogen) atoms. The van der Waals surface area contributed by atoms with Gasteiger partial charge in [0.05, 0.1) is 5.02 Å². The summed E-state index contributed by atoms with van der Waals surface area (Å²) in [5.74, 6) is -0.727. The molecule has 0 spiro atoms. The van der Waals surface area contributed by atoms with Crippen LogP contribution in [0.15, 0.2) is 24.3 Å². The highest BCUT2D eigenvalue weighted by atomic mass is 35.5. The zero-order chi connectivity index (χ0) is 13.4. The van der Waals surface area contributed by atoms with Crippen LogP contribution in [0.1, 0.15) is 17.7 Å². The molecule has 1 aromatic carbocycles. The first-order valence-electron chi connectivity index (χ1n) is 6.29. The molecule has 2 aromatic rings. The Balaban J connectivity index is 1.89. The lowest BCUT2D eigenvalue weighted by atomic mass is 10.2. The first-order valence-corrected chi connectivity index (χ1v) is 7.49. The number of rotatable bonds is 3. The fraction of sp³-hybridized carbons (Fsp3) is 0.357. The van der Waals surface area contributed by atoms with Gasteiger partial charge in [0.1, 0.15) is 6.04 Å². The van der Waals surface area contributed by atoms with Crippen LogP contribution in [-0.2, 0) is 11.3 Å². The molecule has 0 saturated carbocycles. The minimum absolute atomic E-state index is 0.360. The number of carboxylic acid groups (broad SMARTS) is 1. The maximum absolute atomic E-state index is 11.2. The van der Waals surface area contributed by atoms with E-state index in [0.717, 1.165) is 39.4 Å². The molecule has 3 rings (SSSR count). The van der Waals surface area contributed by atoms with Crippen LogP contribution >= 0.6 is 22.9 Å². The zero-order valence-electron chi connectivity index (χ0n) is 10.3. The van der Waals surface area contributed by atoms with Crippen molar-refractivity contribution in [3.8, 4) is 0 Å². The van der Waals surface area contributed by atoms with E-state index in [2.05, 4.69) is 0 Å². The van der Waals surface area contributed by atoms with Gasteiger partial charge in [-0.05, 0) is 25.5 Å². The summed E-state index contributed by atoms with van der Waals surface area (Å²) in [5.41, 5.74) is 0. The average Bonchev–Trinajstić information content (AvgIpc) is 2.97. The molecule has 2 heterocycles. The molecule has 1 saturated heterocycles. The molecule has 5 heteroatoms. The minimum Gasteiger partial charge on any atom is -0.480 e. The van der Waals surface area contributed by atoms with Crippen LogP contribution in [0.3, 0.4) is 0 Å². The molecule has 0 amide bonds. The predicted octanol–water partition coefficient (Wildman–Crippen LogP) is 3.60. The van der Waals surface area contributed by atoms with Crippen LogP contribution < -0.4 is 0 Å². The standard InChI is InChI=1S/C14H14ClNO2S/c15-13-9-4-1-2-6-11(9)19-12(13)8-16-7-3-5-10(16)14(17)18/h1-2,4,6,10H,3,5,7-8H2,(H,17,18)/t10-/m1/s1. The third kappa shape index (κ3) is 2.36. The van der Waals surface area contributed by atoms with Crippen molar-refractivity contribution in [1.29, 1.82) is 0 Å². The Morgan fingerprint density at radius 1 is 1.47 bits per heavy atom. The third-order valence-electron chi connectivity index (χ3n) is 3.60. The zero-order valence-corrected chi connectivity index (χ0v) is 11.9. The summed E-state index contributed by atoms with van der Waals surface area (Å²) >= 11 is 8.06. The number of carboxylic acids is 1. The van der Waals surface area contributed by atoms with Crippen molar-refractivity contribution in [2.75, 3.05) is 6.54 Å². The summed E-state index contributed by atoms with van der Waals surface area (Å²) in [4.78, 5) is 14.3. The predicted molar refractivity (Wildman–Crippen MR) is 77.9 cm³/mol. The van der Waals surface area contributed by atoms with Gasteiger partial charge in [-0.25, -0.2) is 0 Å². The Hall–Kier alpha value is -1.10. The van der Waals surface area contributed by atoms with Crippen molar-refractivity contribution in [3.05, 3.63) is 34.2 Å². The third-order valence-corrected chi connectivity index (χ3v) is 5.30. The van der Waals surface area contributed by atoms with E-state index in [9.17, 15) is 9.90 Å². The van der Waals surface area contributed by atoms with E-state index < -0.39 is 5.97 Å². The van der Waals surface area contributed by atoms with Crippen molar-refractivity contribution < 1.29 is 9.90 Å². The number of thiophene rings is 1. The SMILES string of the molecule is O=C(O)[C@H]1CCCN1Cc1sc2ccccc2c1Cl. The molecule has 1 aromatic heterocycles. The summed E-state index contributed by atoms with van der Waals surface area (Å²) in [7, 11) is 0. The quantitative estimate of drug-likeness (QED) is 0.940. The summed E-state index contributed by atoms with van der Waals surface area (Å²) in [6, 6.07) is 7.67. The molecular formula is C14H14ClNO2S. The summed E-state index contributed by atoms with van der Waals surface area (Å²) in [5, 5.41) is 11.0. The highest BCUT2D eigenvalue weighted by Crippen LogP contribution is 2.36. The molecule has 3 nitrogen and oxygen atoms in total. The van der Waals surface area contributed by atoms with Crippen molar-refractivity contribution >= 4 is 39.0 Å². The van der Waals surface area contributed by atoms with E-state index >= 15 is 0 Å². The average molecular weight is 296 g/mol. The van der Waals surface area contributed by atoms with Gasteiger partial charge in [-0.2, -0.15) is 0 Å². The lowest BCUT2D eigenvalue weighted by molar-refractivity contribution is -0.142. The highest BCUT2D eigenvalue weighted by molar-refractivity contribution is 7.19. The largest absolute Gasteiger partial charge is 0.480 e. The van der Waals surface area contributed by atoms with E-state index in [0.29, 0.717) is 6.54 Å². The van der Waals surface area contributed by atoms with Crippen LogP contribution in [0.2, 0.25) is 5.02 Å². The number of aliphatic carboxylic acids is 1. The lowest BCUT2D eigenvalue weighted by Crippen LogP contribution is -2.35. The van der Waals surface area contributed by atoms with Crippen LogP contribution in [0.25, 0.3) is 10.1 Å². The number of likely N-dealkylation sites (tertiary alicyclic amines) is 1. The molecule has 1 aliphatic rings. The number of hydrogen-bond donors (Lipinski definition) is 1.